The number of nitrogens with one attached hydrogen (secondary N) is 1. The molecule has 2 rings (SSSR count). The van der Waals surface area contributed by atoms with Gasteiger partial charge in [0.2, 0.25) is 0 Å². The number of halogens is 1. The van der Waals surface area contributed by atoms with Crippen molar-refractivity contribution in [2.24, 2.45) is 5.92 Å². The van der Waals surface area contributed by atoms with Crippen molar-refractivity contribution < 1.29 is 0 Å². The standard InChI is InChI=1S/C18H29ClN2/c1-14(2)10-11-21(17-6-4-5-7-17)18-12-16(19)9-8-15(18)13-20-3/h8-9,12,14,17,20H,4-7,10-11,13H2,1-3H3. The van der Waals surface area contributed by atoms with E-state index in [9.17, 15) is 0 Å². The van der Waals surface area contributed by atoms with Crippen LogP contribution in [0.4, 0.5) is 5.69 Å². The van der Waals surface area contributed by atoms with Crippen LogP contribution in [0, 0.1) is 5.92 Å². The van der Waals surface area contributed by atoms with Gasteiger partial charge in [0.1, 0.15) is 0 Å². The summed E-state index contributed by atoms with van der Waals surface area (Å²) in [6, 6.07) is 7.03. The van der Waals surface area contributed by atoms with E-state index in [4.69, 9.17) is 11.6 Å². The fraction of sp³-hybridized carbons (Fsp3) is 0.667. The van der Waals surface area contributed by atoms with Crippen molar-refractivity contribution >= 4 is 17.3 Å². The fourth-order valence-corrected chi connectivity index (χ4v) is 3.42. The fourth-order valence-electron chi connectivity index (χ4n) is 3.26. The van der Waals surface area contributed by atoms with Crippen LogP contribution in [0.3, 0.4) is 0 Å². The van der Waals surface area contributed by atoms with E-state index in [1.807, 2.05) is 13.1 Å². The highest BCUT2D eigenvalue weighted by Crippen LogP contribution is 2.33. The molecule has 3 heteroatoms. The lowest BCUT2D eigenvalue weighted by Gasteiger charge is -2.34. The van der Waals surface area contributed by atoms with Gasteiger partial charge in [-0.3, -0.25) is 0 Å². The second-order valence-electron chi connectivity index (χ2n) is 6.62. The van der Waals surface area contributed by atoms with Gasteiger partial charge in [-0.1, -0.05) is 44.4 Å². The summed E-state index contributed by atoms with van der Waals surface area (Å²) in [5, 5.41) is 4.13. The highest BCUT2D eigenvalue weighted by molar-refractivity contribution is 6.30. The lowest BCUT2D eigenvalue weighted by molar-refractivity contribution is 0.527. The van der Waals surface area contributed by atoms with E-state index in [0.29, 0.717) is 6.04 Å². The van der Waals surface area contributed by atoms with E-state index >= 15 is 0 Å². The normalized spacial score (nSPS) is 15.9. The van der Waals surface area contributed by atoms with Gasteiger partial charge < -0.3 is 10.2 Å². The maximum atomic E-state index is 6.28. The zero-order valence-corrected chi connectivity index (χ0v) is 14.4. The molecule has 0 amide bonds. The van der Waals surface area contributed by atoms with Crippen LogP contribution in [0.1, 0.15) is 51.5 Å². The Bertz CT molecular complexity index is 439. The first-order valence-corrected chi connectivity index (χ1v) is 8.69. The Morgan fingerprint density at radius 1 is 1.29 bits per heavy atom. The molecule has 0 atom stereocenters. The number of anilines is 1. The van der Waals surface area contributed by atoms with Crippen molar-refractivity contribution in [3.8, 4) is 0 Å². The van der Waals surface area contributed by atoms with E-state index < -0.39 is 0 Å². The predicted octanol–water partition coefficient (Wildman–Crippen LogP) is 4.85. The van der Waals surface area contributed by atoms with Gasteiger partial charge in [-0.25, -0.2) is 0 Å². The van der Waals surface area contributed by atoms with Gasteiger partial charge >= 0.3 is 0 Å². The van der Waals surface area contributed by atoms with Crippen LogP contribution in [0.5, 0.6) is 0 Å². The average Bonchev–Trinajstić information content (AvgIpc) is 2.96. The molecule has 0 aromatic heterocycles. The van der Waals surface area contributed by atoms with Crippen molar-refractivity contribution in [2.75, 3.05) is 18.5 Å². The molecule has 1 aliphatic carbocycles. The number of nitrogens with zero attached hydrogens (tertiary/aromatic N) is 1. The van der Waals surface area contributed by atoms with Crippen LogP contribution in [-0.2, 0) is 6.54 Å². The molecule has 1 saturated carbocycles. The molecule has 21 heavy (non-hydrogen) atoms. The molecule has 1 aromatic carbocycles. The summed E-state index contributed by atoms with van der Waals surface area (Å²) in [4.78, 5) is 2.63. The van der Waals surface area contributed by atoms with Gasteiger partial charge in [-0.15, -0.1) is 0 Å². The van der Waals surface area contributed by atoms with Crippen molar-refractivity contribution in [3.63, 3.8) is 0 Å². The highest BCUT2D eigenvalue weighted by atomic mass is 35.5. The van der Waals surface area contributed by atoms with Crippen molar-refractivity contribution in [2.45, 2.75) is 58.5 Å². The van der Waals surface area contributed by atoms with Crippen LogP contribution in [-0.4, -0.2) is 19.6 Å². The Morgan fingerprint density at radius 3 is 2.62 bits per heavy atom. The molecule has 0 saturated heterocycles. The predicted molar refractivity (Wildman–Crippen MR) is 93.3 cm³/mol. The van der Waals surface area contributed by atoms with Crippen LogP contribution in [0.15, 0.2) is 18.2 Å². The summed E-state index contributed by atoms with van der Waals surface area (Å²) in [5.74, 6) is 0.737. The Balaban J connectivity index is 2.27. The summed E-state index contributed by atoms with van der Waals surface area (Å²) >= 11 is 6.28. The summed E-state index contributed by atoms with van der Waals surface area (Å²) in [5.41, 5.74) is 2.70. The molecule has 1 fully saturated rings. The third-order valence-electron chi connectivity index (χ3n) is 4.44. The first-order valence-electron chi connectivity index (χ1n) is 8.31. The van der Waals surface area contributed by atoms with Crippen molar-refractivity contribution in [1.82, 2.24) is 5.32 Å². The third-order valence-corrected chi connectivity index (χ3v) is 4.67. The maximum absolute atomic E-state index is 6.28. The van der Waals surface area contributed by atoms with Crippen LogP contribution in [0.2, 0.25) is 5.02 Å². The van der Waals surface area contributed by atoms with Gasteiger partial charge in [0.05, 0.1) is 0 Å². The molecule has 118 valence electrons. The smallest absolute Gasteiger partial charge is 0.0429 e. The molecule has 1 N–H and O–H groups in total. The van der Waals surface area contributed by atoms with Crippen LogP contribution in [0.25, 0.3) is 0 Å². The second kappa shape index (κ2) is 8.05. The van der Waals surface area contributed by atoms with Gasteiger partial charge in [0.15, 0.2) is 0 Å². The van der Waals surface area contributed by atoms with E-state index in [1.165, 1.54) is 43.4 Å². The van der Waals surface area contributed by atoms with Gasteiger partial charge in [0.25, 0.3) is 0 Å². The minimum atomic E-state index is 0.692. The molecular weight excluding hydrogens is 280 g/mol. The first-order chi connectivity index (χ1) is 10.1. The topological polar surface area (TPSA) is 15.3 Å². The first kappa shape index (κ1) is 16.6. The monoisotopic (exact) mass is 308 g/mol. The van der Waals surface area contributed by atoms with Gasteiger partial charge in [0, 0.05) is 29.8 Å². The Morgan fingerprint density at radius 2 is 2.00 bits per heavy atom. The average molecular weight is 309 g/mol. The van der Waals surface area contributed by atoms with Crippen LogP contribution < -0.4 is 10.2 Å². The highest BCUT2D eigenvalue weighted by Gasteiger charge is 2.24. The Labute approximate surface area is 134 Å². The van der Waals surface area contributed by atoms with E-state index in [1.54, 1.807) is 0 Å². The molecule has 1 aromatic rings. The lowest BCUT2D eigenvalue weighted by Crippen LogP contribution is -2.35. The lowest BCUT2D eigenvalue weighted by atomic mass is 10.1. The van der Waals surface area contributed by atoms with Crippen molar-refractivity contribution in [3.05, 3.63) is 28.8 Å². The Kier molecular flexibility index (Phi) is 6.38. The van der Waals surface area contributed by atoms with E-state index in [-0.39, 0.29) is 0 Å². The summed E-state index contributed by atoms with van der Waals surface area (Å²) in [7, 11) is 2.01. The maximum Gasteiger partial charge on any atom is 0.0429 e. The molecule has 2 nitrogen and oxygen atoms in total. The molecule has 0 radical (unpaired) electrons. The minimum Gasteiger partial charge on any atom is -0.368 e. The van der Waals surface area contributed by atoms with Gasteiger partial charge in [-0.05, 0) is 49.9 Å². The summed E-state index contributed by atoms with van der Waals surface area (Å²) in [6.07, 6.45) is 6.62. The molecular formula is C18H29ClN2. The third kappa shape index (κ3) is 4.62. The number of hydrogen-bond donors (Lipinski definition) is 1. The number of rotatable bonds is 7. The molecule has 0 bridgehead atoms. The SMILES string of the molecule is CNCc1ccc(Cl)cc1N(CCC(C)C)C1CCCC1. The summed E-state index contributed by atoms with van der Waals surface area (Å²) < 4.78 is 0. The quantitative estimate of drug-likeness (QED) is 0.774. The van der Waals surface area contributed by atoms with E-state index in [2.05, 4.69) is 36.2 Å². The molecule has 0 aliphatic heterocycles. The number of benzene rings is 1. The zero-order valence-electron chi connectivity index (χ0n) is 13.7. The van der Waals surface area contributed by atoms with Gasteiger partial charge in [-0.2, -0.15) is 0 Å². The van der Waals surface area contributed by atoms with Crippen LogP contribution >= 0.6 is 11.6 Å². The zero-order chi connectivity index (χ0) is 15.2. The molecule has 0 spiro atoms. The minimum absolute atomic E-state index is 0.692. The summed E-state index contributed by atoms with van der Waals surface area (Å²) in [6.45, 7) is 6.65. The van der Waals surface area contributed by atoms with E-state index in [0.717, 1.165) is 24.0 Å². The molecule has 1 aliphatic rings. The van der Waals surface area contributed by atoms with Crippen molar-refractivity contribution in [1.29, 1.82) is 0 Å². The number of hydrogen-bond acceptors (Lipinski definition) is 2. The second-order valence-corrected chi connectivity index (χ2v) is 7.05. The molecule has 0 unspecified atom stereocenters. The Hall–Kier alpha value is -0.730. The molecule has 0 heterocycles. The largest absolute Gasteiger partial charge is 0.368 e.